The Morgan fingerprint density at radius 1 is 1.11 bits per heavy atom. The molecule has 1 saturated carbocycles. The number of benzene rings is 1. The molecule has 0 radical (unpaired) electrons. The smallest absolute Gasteiger partial charge is 0.267 e. The first kappa shape index (κ1) is 21.3. The van der Waals surface area contributed by atoms with Gasteiger partial charge in [0.1, 0.15) is 24.1 Å². The molecule has 0 spiro atoms. The van der Waals surface area contributed by atoms with Gasteiger partial charge in [0.25, 0.3) is 5.91 Å². The molecule has 2 atom stereocenters. The second-order valence-electron chi connectivity index (χ2n) is 8.88. The van der Waals surface area contributed by atoms with Crippen LogP contribution in [0.25, 0.3) is 17.5 Å². The van der Waals surface area contributed by atoms with Crippen LogP contribution in [0.2, 0.25) is 0 Å². The van der Waals surface area contributed by atoms with Crippen LogP contribution >= 0.6 is 0 Å². The van der Waals surface area contributed by atoms with Crippen LogP contribution in [0.3, 0.4) is 0 Å². The third-order valence-electron chi connectivity index (χ3n) is 6.49. The van der Waals surface area contributed by atoms with Gasteiger partial charge in [-0.25, -0.2) is 5.01 Å². The third kappa shape index (κ3) is 4.09. The number of amides is 1. The Hall–Kier alpha value is -4.27. The van der Waals surface area contributed by atoms with E-state index in [9.17, 15) is 4.79 Å². The maximum Gasteiger partial charge on any atom is 0.267 e. The topological polar surface area (TPSA) is 103 Å². The Kier molecular flexibility index (Phi) is 5.36. The number of aryl methyl sites for hydroxylation is 1. The van der Waals surface area contributed by atoms with Crippen LogP contribution in [-0.2, 0) is 11.3 Å². The molecule has 0 N–H and O–H groups in total. The number of nitrogens with zero attached hydrogens (tertiary/aromatic N) is 6. The Balaban J connectivity index is 1.29. The molecule has 176 valence electrons. The first-order chi connectivity index (χ1) is 17.2. The number of tetrazole rings is 1. The number of hydrazone groups is 1. The number of hydrogen-bond acceptors (Lipinski definition) is 7. The quantitative estimate of drug-likeness (QED) is 0.422. The summed E-state index contributed by atoms with van der Waals surface area (Å²) >= 11 is 0. The van der Waals surface area contributed by atoms with E-state index in [1.54, 1.807) is 12.5 Å². The Labute approximate surface area is 201 Å². The molecule has 2 unspecified atom stereocenters. The van der Waals surface area contributed by atoms with Crippen LogP contribution < -0.4 is 0 Å². The zero-order valence-electron chi connectivity index (χ0n) is 19.2. The van der Waals surface area contributed by atoms with Gasteiger partial charge in [0.05, 0.1) is 18.2 Å². The van der Waals surface area contributed by atoms with E-state index in [1.807, 2.05) is 61.5 Å². The predicted molar refractivity (Wildman–Crippen MR) is 128 cm³/mol. The maximum atomic E-state index is 13.5. The minimum absolute atomic E-state index is 0.0480. The van der Waals surface area contributed by atoms with Gasteiger partial charge in [-0.15, -0.1) is 10.2 Å². The average Bonchev–Trinajstić information content (AvgIpc) is 3.66. The molecule has 9 nitrogen and oxygen atoms in total. The summed E-state index contributed by atoms with van der Waals surface area (Å²) in [5.74, 6) is 1.79. The zero-order valence-corrected chi connectivity index (χ0v) is 19.2. The second kappa shape index (κ2) is 8.83. The lowest BCUT2D eigenvalue weighted by Gasteiger charge is -2.27. The fourth-order valence-corrected chi connectivity index (χ4v) is 4.81. The Morgan fingerprint density at radius 2 is 1.94 bits per heavy atom. The molecule has 9 heteroatoms. The van der Waals surface area contributed by atoms with Gasteiger partial charge in [-0.1, -0.05) is 29.8 Å². The summed E-state index contributed by atoms with van der Waals surface area (Å²) in [6.45, 7) is 1.95. The molecule has 3 aromatic heterocycles. The summed E-state index contributed by atoms with van der Waals surface area (Å²) in [6.07, 6.45) is 8.10. The Morgan fingerprint density at radius 3 is 2.71 bits per heavy atom. The van der Waals surface area contributed by atoms with Gasteiger partial charge >= 0.3 is 0 Å². The van der Waals surface area contributed by atoms with Crippen LogP contribution in [0.15, 0.2) is 80.6 Å². The zero-order chi connectivity index (χ0) is 23.8. The molecule has 35 heavy (non-hydrogen) atoms. The molecule has 6 rings (SSSR count). The molecule has 2 aliphatic rings. The molecule has 4 heterocycles. The van der Waals surface area contributed by atoms with E-state index in [-0.39, 0.29) is 24.4 Å². The lowest BCUT2D eigenvalue weighted by Crippen LogP contribution is -2.34. The highest BCUT2D eigenvalue weighted by Gasteiger charge is 2.45. The van der Waals surface area contributed by atoms with E-state index < -0.39 is 0 Å². The highest BCUT2D eigenvalue weighted by molar-refractivity contribution is 6.07. The van der Waals surface area contributed by atoms with Gasteiger partial charge in [-0.2, -0.15) is 9.90 Å². The van der Waals surface area contributed by atoms with Gasteiger partial charge in [-0.05, 0) is 67.3 Å². The number of carbonyl (C=O) groups excluding carboxylic acids is 1. The van der Waals surface area contributed by atoms with E-state index >= 15 is 0 Å². The first-order valence-corrected chi connectivity index (χ1v) is 11.7. The number of furan rings is 2. The highest BCUT2D eigenvalue weighted by Crippen LogP contribution is 2.44. The summed E-state index contributed by atoms with van der Waals surface area (Å²) in [4.78, 5) is 14.8. The number of hydrogen-bond donors (Lipinski definition) is 0. The van der Waals surface area contributed by atoms with Crippen molar-refractivity contribution in [2.45, 2.75) is 38.8 Å². The van der Waals surface area contributed by atoms with Crippen molar-refractivity contribution in [1.29, 1.82) is 0 Å². The number of carbonyl (C=O) groups is 1. The number of aromatic nitrogens is 4. The van der Waals surface area contributed by atoms with Crippen LogP contribution in [0.5, 0.6) is 0 Å². The summed E-state index contributed by atoms with van der Waals surface area (Å²) in [5.41, 5.74) is 4.00. The lowest BCUT2D eigenvalue weighted by molar-refractivity contribution is -0.135. The monoisotopic (exact) mass is 468 g/mol. The van der Waals surface area contributed by atoms with E-state index in [4.69, 9.17) is 13.9 Å². The summed E-state index contributed by atoms with van der Waals surface area (Å²) in [5, 5.41) is 19.0. The van der Waals surface area contributed by atoms with Crippen LogP contribution in [0.4, 0.5) is 0 Å². The van der Waals surface area contributed by atoms with Gasteiger partial charge in [0, 0.05) is 11.5 Å². The molecule has 0 bridgehead atoms. The van der Waals surface area contributed by atoms with Gasteiger partial charge in [0.2, 0.25) is 5.82 Å². The predicted octanol–water partition coefficient (Wildman–Crippen LogP) is 4.66. The van der Waals surface area contributed by atoms with Gasteiger partial charge in [0.15, 0.2) is 0 Å². The molecule has 1 fully saturated rings. The summed E-state index contributed by atoms with van der Waals surface area (Å²) < 4.78 is 11.3. The summed E-state index contributed by atoms with van der Waals surface area (Å²) in [6, 6.07) is 15.1. The average molecular weight is 469 g/mol. The molecular formula is C26H24N6O3. The van der Waals surface area contributed by atoms with Crippen molar-refractivity contribution < 1.29 is 13.6 Å². The fraction of sp³-hybridized carbons (Fsp3) is 0.269. The highest BCUT2D eigenvalue weighted by atomic mass is 16.3. The molecule has 1 aliphatic heterocycles. The fourth-order valence-electron chi connectivity index (χ4n) is 4.81. The van der Waals surface area contributed by atoms with Crippen molar-refractivity contribution in [1.82, 2.24) is 25.2 Å². The van der Waals surface area contributed by atoms with Crippen molar-refractivity contribution >= 4 is 17.7 Å². The number of fused-ring (bicyclic) bond motifs is 1. The minimum atomic E-state index is -0.312. The normalized spacial score (nSPS) is 20.8. The van der Waals surface area contributed by atoms with E-state index in [2.05, 4.69) is 15.4 Å². The molecule has 1 aliphatic carbocycles. The van der Waals surface area contributed by atoms with Crippen LogP contribution in [0, 0.1) is 12.8 Å². The molecular weight excluding hydrogens is 444 g/mol. The number of allylic oxidation sites excluding steroid dienone is 1. The van der Waals surface area contributed by atoms with Gasteiger partial charge < -0.3 is 8.83 Å². The van der Waals surface area contributed by atoms with E-state index in [1.165, 1.54) is 9.81 Å². The lowest BCUT2D eigenvalue weighted by atomic mass is 9.79. The van der Waals surface area contributed by atoms with E-state index in [0.29, 0.717) is 11.6 Å². The molecule has 1 amide bonds. The van der Waals surface area contributed by atoms with Crippen molar-refractivity contribution in [2.24, 2.45) is 11.0 Å². The second-order valence-corrected chi connectivity index (χ2v) is 8.88. The third-order valence-corrected chi connectivity index (χ3v) is 6.49. The SMILES string of the molecule is Cc1ccc(-c2nnn(CC(=O)N3N=C4/C(=C\c5ccco5)CCCC4C3c3ccco3)n2)cc1. The minimum Gasteiger partial charge on any atom is -0.467 e. The molecule has 1 aromatic carbocycles. The number of rotatable bonds is 5. The van der Waals surface area contributed by atoms with E-state index in [0.717, 1.165) is 47.4 Å². The van der Waals surface area contributed by atoms with Crippen LogP contribution in [-0.4, -0.2) is 36.8 Å². The van der Waals surface area contributed by atoms with Crippen molar-refractivity contribution in [3.63, 3.8) is 0 Å². The van der Waals surface area contributed by atoms with Crippen molar-refractivity contribution in [3.8, 4) is 11.4 Å². The standard InChI is InChI=1S/C26H24N6O3/c1-17-9-11-18(12-10-17)26-27-30-31(29-26)16-23(33)32-25(22-8-4-14-35-22)21-7-2-5-19(24(21)28-32)15-20-6-3-13-34-20/h3-4,6,8-15,21,25H,2,5,7,16H2,1H3/b19-15-. The van der Waals surface area contributed by atoms with Crippen molar-refractivity contribution in [3.05, 3.63) is 83.7 Å². The largest absolute Gasteiger partial charge is 0.467 e. The van der Waals surface area contributed by atoms with Crippen LogP contribution in [0.1, 0.15) is 42.4 Å². The molecule has 0 saturated heterocycles. The van der Waals surface area contributed by atoms with Crippen molar-refractivity contribution in [2.75, 3.05) is 0 Å². The maximum absolute atomic E-state index is 13.5. The molecule has 4 aromatic rings. The first-order valence-electron chi connectivity index (χ1n) is 11.7. The Bertz CT molecular complexity index is 1380. The summed E-state index contributed by atoms with van der Waals surface area (Å²) in [7, 11) is 0. The van der Waals surface area contributed by atoms with Gasteiger partial charge in [-0.3, -0.25) is 4.79 Å².